The molecular formula is C19H26FN5O. The van der Waals surface area contributed by atoms with Gasteiger partial charge in [0.25, 0.3) is 0 Å². The van der Waals surface area contributed by atoms with Crippen LogP contribution in [0.15, 0.2) is 40.6 Å². The Morgan fingerprint density at radius 3 is 2.81 bits per heavy atom. The number of benzene rings is 1. The van der Waals surface area contributed by atoms with Gasteiger partial charge in [-0.05, 0) is 30.8 Å². The molecule has 1 aromatic carbocycles. The van der Waals surface area contributed by atoms with Crippen molar-refractivity contribution in [2.24, 2.45) is 9.98 Å². The molecule has 2 rings (SSSR count). The molecule has 6 nitrogen and oxygen atoms in total. The van der Waals surface area contributed by atoms with Crippen molar-refractivity contribution in [2.45, 2.75) is 19.1 Å². The fourth-order valence-electron chi connectivity index (χ4n) is 2.85. The van der Waals surface area contributed by atoms with Crippen molar-refractivity contribution in [1.29, 1.82) is 0 Å². The summed E-state index contributed by atoms with van der Waals surface area (Å²) in [4.78, 5) is 10.2. The number of likely N-dealkylation sites (tertiary alicyclic amines) is 1. The molecule has 1 atom stereocenters. The number of aliphatic hydroxyl groups excluding tert-OH is 1. The lowest BCUT2D eigenvalue weighted by molar-refractivity contribution is 0.183. The van der Waals surface area contributed by atoms with E-state index in [9.17, 15) is 9.50 Å². The van der Waals surface area contributed by atoms with Gasteiger partial charge in [-0.3, -0.25) is 4.99 Å². The van der Waals surface area contributed by atoms with Crippen molar-refractivity contribution in [3.8, 4) is 0 Å². The highest BCUT2D eigenvalue weighted by Crippen LogP contribution is 2.21. The van der Waals surface area contributed by atoms with Gasteiger partial charge in [-0.1, -0.05) is 12.7 Å². The molecule has 0 amide bonds. The molecule has 140 valence electrons. The van der Waals surface area contributed by atoms with Crippen LogP contribution >= 0.6 is 0 Å². The van der Waals surface area contributed by atoms with Crippen LogP contribution in [0, 0.1) is 5.82 Å². The molecule has 0 radical (unpaired) electrons. The van der Waals surface area contributed by atoms with Gasteiger partial charge in [0.05, 0.1) is 6.10 Å². The SMILES string of the molecule is C=Cc1cc(CNC(/C=C(\N=C)N2CCC(O)C2)=NC)c(F)cc1NC. The number of aliphatic hydroxyl groups is 1. The number of halogens is 1. The molecule has 0 aromatic heterocycles. The van der Waals surface area contributed by atoms with E-state index in [2.05, 4.69) is 33.9 Å². The van der Waals surface area contributed by atoms with E-state index in [0.29, 0.717) is 42.4 Å². The molecule has 0 saturated carbocycles. The highest BCUT2D eigenvalue weighted by atomic mass is 19.1. The van der Waals surface area contributed by atoms with Crippen LogP contribution in [0.2, 0.25) is 0 Å². The van der Waals surface area contributed by atoms with Crippen LogP contribution in [-0.2, 0) is 6.54 Å². The van der Waals surface area contributed by atoms with Gasteiger partial charge < -0.3 is 20.6 Å². The molecule has 1 heterocycles. The molecule has 7 heteroatoms. The van der Waals surface area contributed by atoms with Crippen molar-refractivity contribution in [3.63, 3.8) is 0 Å². The highest BCUT2D eigenvalue weighted by molar-refractivity contribution is 5.93. The van der Waals surface area contributed by atoms with E-state index >= 15 is 0 Å². The number of anilines is 1. The van der Waals surface area contributed by atoms with Gasteiger partial charge in [0.2, 0.25) is 0 Å². The van der Waals surface area contributed by atoms with Gasteiger partial charge in [-0.25, -0.2) is 9.38 Å². The summed E-state index contributed by atoms with van der Waals surface area (Å²) < 4.78 is 14.3. The summed E-state index contributed by atoms with van der Waals surface area (Å²) in [5.41, 5.74) is 2.03. The zero-order chi connectivity index (χ0) is 19.1. The van der Waals surface area contributed by atoms with Crippen molar-refractivity contribution < 1.29 is 9.50 Å². The second-order valence-corrected chi connectivity index (χ2v) is 6.00. The molecule has 3 N–H and O–H groups in total. The maximum Gasteiger partial charge on any atom is 0.131 e. The number of aliphatic imine (C=N–C) groups is 2. The Kier molecular flexibility index (Phi) is 6.91. The van der Waals surface area contributed by atoms with Crippen LogP contribution in [0.25, 0.3) is 6.08 Å². The molecule has 1 fully saturated rings. The average molecular weight is 359 g/mol. The molecule has 1 saturated heterocycles. The first-order valence-electron chi connectivity index (χ1n) is 8.47. The Morgan fingerprint density at radius 1 is 1.50 bits per heavy atom. The van der Waals surface area contributed by atoms with E-state index < -0.39 is 0 Å². The minimum atomic E-state index is -0.354. The van der Waals surface area contributed by atoms with Crippen molar-refractivity contribution in [3.05, 3.63) is 47.6 Å². The third kappa shape index (κ3) is 4.70. The number of β-amino-alcohol motifs (C(OH)–C–C–N with tert-alkyl or cyclic N) is 1. The predicted octanol–water partition coefficient (Wildman–Crippen LogP) is 2.24. The fraction of sp³-hybridized carbons (Fsp3) is 0.368. The second-order valence-electron chi connectivity index (χ2n) is 6.00. The number of nitrogens with zero attached hydrogens (tertiary/aromatic N) is 3. The van der Waals surface area contributed by atoms with Crippen molar-refractivity contribution >= 4 is 24.3 Å². The van der Waals surface area contributed by atoms with Crippen LogP contribution in [0.3, 0.4) is 0 Å². The lowest BCUT2D eigenvalue weighted by atomic mass is 10.1. The van der Waals surface area contributed by atoms with E-state index in [1.54, 1.807) is 32.3 Å². The molecule has 0 aliphatic carbocycles. The summed E-state index contributed by atoms with van der Waals surface area (Å²) >= 11 is 0. The number of amidine groups is 1. The predicted molar refractivity (Wildman–Crippen MR) is 106 cm³/mol. The summed E-state index contributed by atoms with van der Waals surface area (Å²) in [6.45, 7) is 8.85. The topological polar surface area (TPSA) is 72.2 Å². The molecule has 1 aliphatic heterocycles. The average Bonchev–Trinajstić information content (AvgIpc) is 3.08. The van der Waals surface area contributed by atoms with E-state index in [0.717, 1.165) is 5.56 Å². The number of hydrogen-bond acceptors (Lipinski definition) is 5. The third-order valence-electron chi connectivity index (χ3n) is 4.32. The molecule has 26 heavy (non-hydrogen) atoms. The van der Waals surface area contributed by atoms with E-state index in [4.69, 9.17) is 0 Å². The Balaban J connectivity index is 2.12. The zero-order valence-electron chi connectivity index (χ0n) is 15.3. The van der Waals surface area contributed by atoms with Crippen LogP contribution in [0.4, 0.5) is 10.1 Å². The van der Waals surface area contributed by atoms with E-state index in [-0.39, 0.29) is 18.5 Å². The summed E-state index contributed by atoms with van der Waals surface area (Å²) in [5, 5.41) is 15.7. The standard InChI is InChI=1S/C19H26FN5O/c1-5-13-8-14(16(20)9-17(13)21-2)11-24-18(22-3)10-19(23-4)25-7-6-15(26)12-25/h5,8-10,15,21,26H,1,4,6-7,11-12H2,2-3H3,(H,22,24)/b19-10+. The first-order valence-corrected chi connectivity index (χ1v) is 8.47. The highest BCUT2D eigenvalue weighted by Gasteiger charge is 2.21. The van der Waals surface area contributed by atoms with Crippen LogP contribution < -0.4 is 10.6 Å². The van der Waals surface area contributed by atoms with Crippen LogP contribution in [0.1, 0.15) is 17.5 Å². The van der Waals surface area contributed by atoms with Crippen molar-refractivity contribution in [1.82, 2.24) is 10.2 Å². The second kappa shape index (κ2) is 9.15. The Morgan fingerprint density at radius 2 is 2.27 bits per heavy atom. The maximum absolute atomic E-state index is 14.3. The maximum atomic E-state index is 14.3. The molecule has 1 unspecified atom stereocenters. The van der Waals surface area contributed by atoms with Crippen LogP contribution in [0.5, 0.6) is 0 Å². The molecule has 1 aromatic rings. The molecule has 0 bridgehead atoms. The molecular weight excluding hydrogens is 333 g/mol. The number of nitrogens with one attached hydrogen (secondary N) is 2. The number of rotatable bonds is 7. The number of hydrogen-bond donors (Lipinski definition) is 3. The smallest absolute Gasteiger partial charge is 0.131 e. The van der Waals surface area contributed by atoms with Gasteiger partial charge >= 0.3 is 0 Å². The lowest BCUT2D eigenvalue weighted by Gasteiger charge is -2.18. The van der Waals surface area contributed by atoms with E-state index in [1.165, 1.54) is 6.07 Å². The van der Waals surface area contributed by atoms with Gasteiger partial charge in [-0.2, -0.15) is 0 Å². The molecule has 0 spiro atoms. The molecule has 1 aliphatic rings. The van der Waals surface area contributed by atoms with Gasteiger partial charge in [0.1, 0.15) is 17.5 Å². The fourth-order valence-corrected chi connectivity index (χ4v) is 2.85. The van der Waals surface area contributed by atoms with Gasteiger partial charge in [-0.15, -0.1) is 0 Å². The summed E-state index contributed by atoms with van der Waals surface area (Å²) in [6, 6.07) is 3.20. The first-order chi connectivity index (χ1) is 12.5. The lowest BCUT2D eigenvalue weighted by Crippen LogP contribution is -2.26. The minimum Gasteiger partial charge on any atom is -0.391 e. The monoisotopic (exact) mass is 359 g/mol. The Labute approximate surface area is 153 Å². The Bertz CT molecular complexity index is 729. The van der Waals surface area contributed by atoms with Crippen LogP contribution in [-0.4, -0.2) is 55.8 Å². The normalized spacial score (nSPS) is 18.0. The van der Waals surface area contributed by atoms with Gasteiger partial charge in [0.15, 0.2) is 0 Å². The zero-order valence-corrected chi connectivity index (χ0v) is 15.3. The minimum absolute atomic E-state index is 0.271. The quantitative estimate of drug-likeness (QED) is 0.516. The first kappa shape index (κ1) is 19.7. The largest absolute Gasteiger partial charge is 0.391 e. The Hall–Kier alpha value is -2.67. The van der Waals surface area contributed by atoms with Gasteiger partial charge in [0, 0.05) is 51.1 Å². The van der Waals surface area contributed by atoms with E-state index in [1.807, 2.05) is 4.90 Å². The third-order valence-corrected chi connectivity index (χ3v) is 4.32. The van der Waals surface area contributed by atoms with Crippen molar-refractivity contribution in [2.75, 3.05) is 32.5 Å². The summed E-state index contributed by atoms with van der Waals surface area (Å²) in [6.07, 6.45) is 3.78. The summed E-state index contributed by atoms with van der Waals surface area (Å²) in [7, 11) is 3.39. The summed E-state index contributed by atoms with van der Waals surface area (Å²) in [5.74, 6) is 0.884.